The number of amides is 1. The van der Waals surface area contributed by atoms with Crippen LogP contribution in [-0.4, -0.2) is 28.1 Å². The summed E-state index contributed by atoms with van der Waals surface area (Å²) in [6.07, 6.45) is 1.92. The Hall–Kier alpha value is -1.14. The number of aliphatic imine (C=N–C) groups is 1. The number of hydrogen-bond acceptors (Lipinski definition) is 4. The minimum atomic E-state index is -0.262. The molecule has 0 radical (unpaired) electrons. The van der Waals surface area contributed by atoms with Crippen LogP contribution in [0.4, 0.5) is 4.39 Å². The highest BCUT2D eigenvalue weighted by Gasteiger charge is 2.35. The number of nitrogens with zero attached hydrogens (tertiary/aromatic N) is 2. The number of amidine groups is 1. The van der Waals surface area contributed by atoms with E-state index in [2.05, 4.69) is 50.2 Å². The largest absolute Gasteiger partial charge is 0.487 e. The van der Waals surface area contributed by atoms with E-state index in [0.29, 0.717) is 11.5 Å². The highest BCUT2D eigenvalue weighted by molar-refractivity contribution is 14.1. The van der Waals surface area contributed by atoms with Crippen LogP contribution in [-0.2, 0) is 11.4 Å². The van der Waals surface area contributed by atoms with Crippen LogP contribution >= 0.6 is 56.9 Å². The Bertz CT molecular complexity index is 1010. The Labute approximate surface area is 214 Å². The number of hydrogen-bond donors (Lipinski definition) is 0. The highest BCUT2D eigenvalue weighted by Crippen LogP contribution is 2.36. The molecule has 1 aliphatic heterocycles. The summed E-state index contributed by atoms with van der Waals surface area (Å²) in [5.41, 5.74) is 1.84. The lowest BCUT2D eigenvalue weighted by Crippen LogP contribution is -2.35. The summed E-state index contributed by atoms with van der Waals surface area (Å²) in [6.45, 7) is 8.37. The molecule has 0 spiro atoms. The number of carbonyl (C=O) groups is 1. The van der Waals surface area contributed by atoms with Gasteiger partial charge in [0.15, 0.2) is 5.17 Å². The van der Waals surface area contributed by atoms with Gasteiger partial charge in [-0.15, -0.1) is 0 Å². The molecule has 2 aromatic rings. The van der Waals surface area contributed by atoms with E-state index in [-0.39, 0.29) is 23.8 Å². The van der Waals surface area contributed by atoms with Crippen LogP contribution in [0.25, 0.3) is 6.08 Å². The molecule has 1 heterocycles. The third-order valence-corrected chi connectivity index (χ3v) is 6.94. The summed E-state index contributed by atoms with van der Waals surface area (Å²) in [7, 11) is 0. The summed E-state index contributed by atoms with van der Waals surface area (Å²) < 4.78 is 21.0. The van der Waals surface area contributed by atoms with Crippen molar-refractivity contribution in [1.82, 2.24) is 4.90 Å². The molecule has 0 bridgehead atoms. The van der Waals surface area contributed by atoms with Gasteiger partial charge in [-0.1, -0.05) is 12.1 Å². The molecule has 0 atom stereocenters. The van der Waals surface area contributed by atoms with Gasteiger partial charge < -0.3 is 4.74 Å². The smallest absolute Gasteiger partial charge is 0.266 e. The van der Waals surface area contributed by atoms with Crippen LogP contribution in [0.15, 0.2) is 46.3 Å². The van der Waals surface area contributed by atoms with Crippen molar-refractivity contribution in [1.29, 1.82) is 0 Å². The maximum atomic E-state index is 13.1. The normalized spacial score (nSPS) is 16.9. The van der Waals surface area contributed by atoms with Crippen molar-refractivity contribution in [3.63, 3.8) is 0 Å². The SMILES string of the molecule is CC(C)N=C1S/C(=C/c2cc(I)c(OCc3ccc(F)cc3)c(I)c2)C(=O)N1C(C)C. The molecule has 1 fully saturated rings. The summed E-state index contributed by atoms with van der Waals surface area (Å²) in [6, 6.07) is 10.5. The topological polar surface area (TPSA) is 41.9 Å². The summed E-state index contributed by atoms with van der Waals surface area (Å²) in [5, 5.41) is 0.755. The number of benzene rings is 2. The minimum absolute atomic E-state index is 0.0129. The third-order valence-electron chi connectivity index (χ3n) is 4.34. The first-order valence-electron chi connectivity index (χ1n) is 9.83. The summed E-state index contributed by atoms with van der Waals surface area (Å²) >= 11 is 5.91. The van der Waals surface area contributed by atoms with Gasteiger partial charge in [-0.25, -0.2) is 4.39 Å². The van der Waals surface area contributed by atoms with Crippen LogP contribution in [0.1, 0.15) is 38.8 Å². The van der Waals surface area contributed by atoms with Gasteiger partial charge in [-0.2, -0.15) is 0 Å². The molecule has 0 aromatic heterocycles. The van der Waals surface area contributed by atoms with Crippen molar-refractivity contribution >= 4 is 74.1 Å². The van der Waals surface area contributed by atoms with Crippen LogP contribution in [0.2, 0.25) is 0 Å². The van der Waals surface area contributed by atoms with E-state index < -0.39 is 0 Å². The number of ether oxygens (including phenoxy) is 1. The van der Waals surface area contributed by atoms with E-state index in [1.165, 1.54) is 23.9 Å². The molecule has 31 heavy (non-hydrogen) atoms. The summed E-state index contributed by atoms with van der Waals surface area (Å²) in [4.78, 5) is 20.0. The molecule has 1 saturated heterocycles. The molecule has 164 valence electrons. The van der Waals surface area contributed by atoms with Crippen molar-refractivity contribution in [3.8, 4) is 5.75 Å². The first kappa shape index (κ1) is 24.5. The second kappa shape index (κ2) is 10.7. The lowest BCUT2D eigenvalue weighted by atomic mass is 10.2. The van der Waals surface area contributed by atoms with Gasteiger partial charge in [0, 0.05) is 12.1 Å². The van der Waals surface area contributed by atoms with Crippen LogP contribution in [0.3, 0.4) is 0 Å². The molecule has 8 heteroatoms. The van der Waals surface area contributed by atoms with E-state index in [4.69, 9.17) is 4.74 Å². The summed E-state index contributed by atoms with van der Waals surface area (Å²) in [5.74, 6) is 0.507. The van der Waals surface area contributed by atoms with Crippen molar-refractivity contribution < 1.29 is 13.9 Å². The fourth-order valence-electron chi connectivity index (χ4n) is 2.94. The van der Waals surface area contributed by atoms with Gasteiger partial charge in [-0.05, 0) is 126 Å². The number of rotatable bonds is 6. The average Bonchev–Trinajstić information content (AvgIpc) is 2.96. The monoisotopic (exact) mass is 664 g/mol. The van der Waals surface area contributed by atoms with Gasteiger partial charge >= 0.3 is 0 Å². The van der Waals surface area contributed by atoms with Crippen LogP contribution in [0, 0.1) is 13.0 Å². The molecule has 1 aliphatic rings. The Balaban J connectivity index is 1.83. The zero-order valence-corrected chi connectivity index (χ0v) is 22.8. The predicted molar refractivity (Wildman–Crippen MR) is 143 cm³/mol. The Morgan fingerprint density at radius 1 is 1.13 bits per heavy atom. The van der Waals surface area contributed by atoms with Crippen molar-refractivity contribution in [2.24, 2.45) is 4.99 Å². The Morgan fingerprint density at radius 3 is 2.29 bits per heavy atom. The van der Waals surface area contributed by atoms with Crippen LogP contribution < -0.4 is 4.74 Å². The second-order valence-electron chi connectivity index (χ2n) is 7.61. The van der Waals surface area contributed by atoms with Crippen molar-refractivity contribution in [3.05, 3.63) is 65.4 Å². The number of thioether (sulfide) groups is 1. The van der Waals surface area contributed by atoms with E-state index in [0.717, 1.165) is 29.2 Å². The van der Waals surface area contributed by atoms with Crippen LogP contribution in [0.5, 0.6) is 5.75 Å². The standard InChI is InChI=1S/C23H23FI2N2O2S/c1-13(2)27-23-28(14(3)4)22(29)20(31-23)11-16-9-18(25)21(19(26)10-16)30-12-15-5-7-17(24)8-6-15/h5-11,13-14H,12H2,1-4H3/b20-11+,27-23?. The molecule has 0 unspecified atom stereocenters. The molecule has 0 N–H and O–H groups in total. The molecular weight excluding hydrogens is 641 g/mol. The maximum Gasteiger partial charge on any atom is 0.266 e. The lowest BCUT2D eigenvalue weighted by Gasteiger charge is -2.20. The molecular formula is C23H23FI2N2O2S. The first-order chi connectivity index (χ1) is 14.7. The number of carbonyl (C=O) groups excluding carboxylic acids is 1. The second-order valence-corrected chi connectivity index (χ2v) is 10.9. The van der Waals surface area contributed by atoms with Crippen molar-refractivity contribution in [2.75, 3.05) is 0 Å². The first-order valence-corrected chi connectivity index (χ1v) is 12.8. The fourth-order valence-corrected chi connectivity index (χ4v) is 6.30. The fraction of sp³-hybridized carbons (Fsp3) is 0.304. The van der Waals surface area contributed by atoms with Gasteiger partial charge in [-0.3, -0.25) is 14.7 Å². The lowest BCUT2D eigenvalue weighted by molar-refractivity contribution is -0.123. The molecule has 0 aliphatic carbocycles. The minimum Gasteiger partial charge on any atom is -0.487 e. The zero-order chi connectivity index (χ0) is 22.7. The third kappa shape index (κ3) is 6.22. The van der Waals surface area contributed by atoms with E-state index in [1.54, 1.807) is 17.0 Å². The van der Waals surface area contributed by atoms with Gasteiger partial charge in [0.1, 0.15) is 18.2 Å². The highest BCUT2D eigenvalue weighted by atomic mass is 127. The Morgan fingerprint density at radius 2 is 1.74 bits per heavy atom. The average molecular weight is 664 g/mol. The zero-order valence-electron chi connectivity index (χ0n) is 17.7. The molecule has 3 rings (SSSR count). The van der Waals surface area contributed by atoms with Crippen molar-refractivity contribution in [2.45, 2.75) is 46.4 Å². The van der Waals surface area contributed by atoms with Gasteiger partial charge in [0.05, 0.1) is 12.0 Å². The van der Waals surface area contributed by atoms with E-state index >= 15 is 0 Å². The molecule has 2 aromatic carbocycles. The van der Waals surface area contributed by atoms with E-state index in [9.17, 15) is 9.18 Å². The molecule has 1 amide bonds. The molecule has 0 saturated carbocycles. The van der Waals surface area contributed by atoms with Gasteiger partial charge in [0.2, 0.25) is 0 Å². The predicted octanol–water partition coefficient (Wildman–Crippen LogP) is 6.70. The maximum absolute atomic E-state index is 13.1. The number of halogens is 3. The van der Waals surface area contributed by atoms with Gasteiger partial charge in [0.25, 0.3) is 5.91 Å². The quantitative estimate of drug-likeness (QED) is 0.255. The van der Waals surface area contributed by atoms with E-state index in [1.807, 2.05) is 45.9 Å². The Kier molecular flexibility index (Phi) is 8.42. The molecule has 4 nitrogen and oxygen atoms in total.